The summed E-state index contributed by atoms with van der Waals surface area (Å²) in [4.78, 5) is 30.2. The third-order valence-corrected chi connectivity index (χ3v) is 7.50. The van der Waals surface area contributed by atoms with Crippen LogP contribution in [0.3, 0.4) is 0 Å². The fraction of sp³-hybridized carbons (Fsp3) is 0.571. The molecule has 0 spiro atoms. The van der Waals surface area contributed by atoms with Gasteiger partial charge in [-0.1, -0.05) is 45.7 Å². The van der Waals surface area contributed by atoms with E-state index in [9.17, 15) is 9.59 Å². The highest BCUT2D eigenvalue weighted by Gasteiger charge is 2.27. The van der Waals surface area contributed by atoms with Crippen LogP contribution in [0, 0.1) is 13.8 Å². The molecule has 4 rings (SSSR count). The zero-order chi connectivity index (χ0) is 23.8. The Labute approximate surface area is 198 Å². The third kappa shape index (κ3) is 5.08. The van der Waals surface area contributed by atoms with E-state index in [0.717, 1.165) is 29.9 Å². The molecule has 5 heteroatoms. The topological polar surface area (TPSA) is 45.6 Å². The van der Waals surface area contributed by atoms with Gasteiger partial charge in [-0.3, -0.25) is 14.5 Å². The van der Waals surface area contributed by atoms with E-state index in [1.165, 1.54) is 36.9 Å². The van der Waals surface area contributed by atoms with Crippen LogP contribution in [0.25, 0.3) is 0 Å². The molecule has 1 aliphatic carbocycles. The first-order valence-corrected chi connectivity index (χ1v) is 12.5. The van der Waals surface area contributed by atoms with Crippen molar-refractivity contribution >= 4 is 11.7 Å². The summed E-state index contributed by atoms with van der Waals surface area (Å²) in [6.45, 7) is 14.0. The van der Waals surface area contributed by atoms with Crippen molar-refractivity contribution in [3.05, 3.63) is 58.4 Å². The molecule has 2 fully saturated rings. The van der Waals surface area contributed by atoms with Gasteiger partial charge in [0.1, 0.15) is 0 Å². The van der Waals surface area contributed by atoms with Gasteiger partial charge >= 0.3 is 0 Å². The van der Waals surface area contributed by atoms with Crippen LogP contribution in [-0.2, 0) is 5.41 Å². The van der Waals surface area contributed by atoms with Gasteiger partial charge in [-0.2, -0.15) is 0 Å². The lowest BCUT2D eigenvalue weighted by atomic mass is 9.86. The van der Waals surface area contributed by atoms with Gasteiger partial charge in [0.05, 0.1) is 6.54 Å². The second kappa shape index (κ2) is 9.46. The minimum Gasteiger partial charge on any atom is -0.345 e. The van der Waals surface area contributed by atoms with Crippen LogP contribution in [0.4, 0.5) is 0 Å². The molecule has 0 radical (unpaired) electrons. The van der Waals surface area contributed by atoms with Gasteiger partial charge in [0, 0.05) is 54.7 Å². The summed E-state index contributed by atoms with van der Waals surface area (Å²) in [5.41, 5.74) is 5.25. The maximum atomic E-state index is 13.1. The molecule has 0 unspecified atom stereocenters. The summed E-state index contributed by atoms with van der Waals surface area (Å²) in [7, 11) is 0. The average Bonchev–Trinajstić information content (AvgIpc) is 3.40. The van der Waals surface area contributed by atoms with E-state index in [-0.39, 0.29) is 17.1 Å². The first kappa shape index (κ1) is 23.7. The number of rotatable bonds is 5. The number of benzene rings is 1. The zero-order valence-electron chi connectivity index (χ0n) is 21.0. The number of amides is 1. The van der Waals surface area contributed by atoms with E-state index in [1.54, 1.807) is 0 Å². The lowest BCUT2D eigenvalue weighted by Crippen LogP contribution is -2.49. The summed E-state index contributed by atoms with van der Waals surface area (Å²) in [6.07, 6.45) is 5.02. The van der Waals surface area contributed by atoms with Crippen molar-refractivity contribution in [1.29, 1.82) is 0 Å². The molecule has 178 valence electrons. The Bertz CT molecular complexity index is 999. The molecule has 2 aromatic rings. The molecule has 1 aromatic carbocycles. The number of nitrogens with zero attached hydrogens (tertiary/aromatic N) is 3. The normalized spacial score (nSPS) is 18.2. The second-order valence-corrected chi connectivity index (χ2v) is 10.9. The van der Waals surface area contributed by atoms with Crippen LogP contribution in [0.5, 0.6) is 0 Å². The van der Waals surface area contributed by atoms with Gasteiger partial charge in [-0.05, 0) is 55.9 Å². The summed E-state index contributed by atoms with van der Waals surface area (Å²) >= 11 is 0. The monoisotopic (exact) mass is 449 g/mol. The molecule has 33 heavy (non-hydrogen) atoms. The number of hydrogen-bond acceptors (Lipinski definition) is 3. The Balaban J connectivity index is 1.33. The quantitative estimate of drug-likeness (QED) is 0.593. The zero-order valence-corrected chi connectivity index (χ0v) is 21.0. The highest BCUT2D eigenvalue weighted by molar-refractivity contribution is 5.99. The lowest BCUT2D eigenvalue weighted by Gasteiger charge is -2.34. The van der Waals surface area contributed by atoms with Gasteiger partial charge < -0.3 is 9.47 Å². The summed E-state index contributed by atoms with van der Waals surface area (Å²) in [6, 6.07) is 10.6. The van der Waals surface area contributed by atoms with Crippen LogP contribution in [0.15, 0.2) is 30.3 Å². The number of hydrogen-bond donors (Lipinski definition) is 0. The van der Waals surface area contributed by atoms with E-state index >= 15 is 0 Å². The highest BCUT2D eigenvalue weighted by Crippen LogP contribution is 2.33. The first-order chi connectivity index (χ1) is 15.6. The van der Waals surface area contributed by atoms with Crippen LogP contribution in [-0.4, -0.2) is 58.8 Å². The third-order valence-electron chi connectivity index (χ3n) is 7.50. The fourth-order valence-electron chi connectivity index (χ4n) is 5.48. The predicted octanol–water partition coefficient (Wildman–Crippen LogP) is 5.16. The Morgan fingerprint density at radius 1 is 0.939 bits per heavy atom. The van der Waals surface area contributed by atoms with Crippen LogP contribution in [0.2, 0.25) is 0 Å². The highest BCUT2D eigenvalue weighted by atomic mass is 16.2. The maximum Gasteiger partial charge on any atom is 0.253 e. The summed E-state index contributed by atoms with van der Waals surface area (Å²) < 4.78 is 2.39. The van der Waals surface area contributed by atoms with E-state index < -0.39 is 0 Å². The van der Waals surface area contributed by atoms with E-state index in [4.69, 9.17) is 0 Å². The predicted molar refractivity (Wildman–Crippen MR) is 133 cm³/mol. The molecule has 0 atom stereocenters. The Morgan fingerprint density at radius 2 is 1.55 bits per heavy atom. The number of Topliss-reactive ketones (excluding diaryl/α,β-unsaturated/α-hetero) is 1. The molecule has 1 saturated heterocycles. The molecule has 2 aliphatic rings. The molecule has 5 nitrogen and oxygen atoms in total. The number of aryl methyl sites for hydroxylation is 1. The van der Waals surface area contributed by atoms with Crippen LogP contribution in [0.1, 0.15) is 90.2 Å². The Kier molecular flexibility index (Phi) is 6.81. The first-order valence-electron chi connectivity index (χ1n) is 12.5. The van der Waals surface area contributed by atoms with Crippen molar-refractivity contribution in [2.45, 2.75) is 71.8 Å². The van der Waals surface area contributed by atoms with Crippen molar-refractivity contribution < 1.29 is 9.59 Å². The van der Waals surface area contributed by atoms with Gasteiger partial charge in [0.2, 0.25) is 0 Å². The standard InChI is InChI=1S/C28H39N3O2/c1-20-18-25(21(2)31(20)24-8-6-7-9-24)26(32)19-29-14-16-30(17-15-29)27(33)22-10-12-23(13-11-22)28(3,4)5/h10-13,18,24H,6-9,14-17,19H2,1-5H3. The van der Waals surface area contributed by atoms with Gasteiger partial charge in [0.15, 0.2) is 5.78 Å². The van der Waals surface area contributed by atoms with Crippen LogP contribution >= 0.6 is 0 Å². The molecule has 2 heterocycles. The second-order valence-electron chi connectivity index (χ2n) is 10.9. The lowest BCUT2D eigenvalue weighted by molar-refractivity contribution is 0.0624. The number of carbonyl (C=O) groups is 2. The number of aromatic nitrogens is 1. The van der Waals surface area contributed by atoms with Gasteiger partial charge in [0.25, 0.3) is 5.91 Å². The molecule has 0 bridgehead atoms. The smallest absolute Gasteiger partial charge is 0.253 e. The molecule has 1 amide bonds. The molecule has 1 aliphatic heterocycles. The van der Waals surface area contributed by atoms with Crippen LogP contribution < -0.4 is 0 Å². The van der Waals surface area contributed by atoms with Crippen molar-refractivity contribution in [1.82, 2.24) is 14.4 Å². The minimum atomic E-state index is 0.0781. The van der Waals surface area contributed by atoms with E-state index in [1.807, 2.05) is 17.0 Å². The molecule has 0 N–H and O–H groups in total. The molecule has 1 saturated carbocycles. The maximum absolute atomic E-state index is 13.1. The van der Waals surface area contributed by atoms with Crippen molar-refractivity contribution in [3.63, 3.8) is 0 Å². The summed E-state index contributed by atoms with van der Waals surface area (Å²) in [5, 5.41) is 0. The van der Waals surface area contributed by atoms with E-state index in [0.29, 0.717) is 25.7 Å². The largest absolute Gasteiger partial charge is 0.345 e. The van der Waals surface area contributed by atoms with Crippen molar-refractivity contribution in [2.75, 3.05) is 32.7 Å². The minimum absolute atomic E-state index is 0.0781. The van der Waals surface area contributed by atoms with Gasteiger partial charge in [-0.25, -0.2) is 0 Å². The molecule has 1 aromatic heterocycles. The fourth-order valence-corrected chi connectivity index (χ4v) is 5.48. The Hall–Kier alpha value is -2.40. The summed E-state index contributed by atoms with van der Waals surface area (Å²) in [5.74, 6) is 0.284. The Morgan fingerprint density at radius 3 is 2.12 bits per heavy atom. The van der Waals surface area contributed by atoms with Crippen molar-refractivity contribution in [2.24, 2.45) is 0 Å². The number of piperazine rings is 1. The van der Waals surface area contributed by atoms with Gasteiger partial charge in [-0.15, -0.1) is 0 Å². The van der Waals surface area contributed by atoms with E-state index in [2.05, 4.69) is 62.3 Å². The number of carbonyl (C=O) groups excluding carboxylic acids is 2. The number of ketones is 1. The molecular weight excluding hydrogens is 410 g/mol. The van der Waals surface area contributed by atoms with Crippen molar-refractivity contribution in [3.8, 4) is 0 Å². The molecular formula is C28H39N3O2. The average molecular weight is 450 g/mol. The SMILES string of the molecule is Cc1cc(C(=O)CN2CCN(C(=O)c3ccc(C(C)(C)C)cc3)CC2)c(C)n1C1CCCC1.